The van der Waals surface area contributed by atoms with E-state index in [1.165, 1.54) is 11.8 Å². The lowest BCUT2D eigenvalue weighted by Crippen LogP contribution is -2.62. The number of nitrogens with zero attached hydrogens (tertiary/aromatic N) is 5. The number of amides is 1. The number of rotatable bonds is 2. The molecule has 2 aromatic heterocycles. The summed E-state index contributed by atoms with van der Waals surface area (Å²) in [5, 5.41) is 11.7. The quantitative estimate of drug-likeness (QED) is 0.374. The molecule has 2 bridgehead atoms. The standard InChI is InChI=1S/C22H27ClFN5O3S/c1-5-33-20-26-17-14-16(25-18(23)15(17)24)13(30)8-12-11-7-6-10(9-28(12)19(14)27-20)29(11)21(31)32-22(2,3)4/h10-13,30H,5-9H2,1-4H3/t10-,11+,12-,13-/m1/s1. The lowest BCUT2D eigenvalue weighted by atomic mass is 9.97. The number of thioether (sulfide) groups is 1. The van der Waals surface area contributed by atoms with Crippen LogP contribution in [-0.4, -0.2) is 67.1 Å². The van der Waals surface area contributed by atoms with Gasteiger partial charge in [0.1, 0.15) is 16.9 Å². The molecule has 3 aliphatic rings. The van der Waals surface area contributed by atoms with Crippen molar-refractivity contribution in [3.05, 3.63) is 16.7 Å². The van der Waals surface area contributed by atoms with Gasteiger partial charge in [-0.05, 0) is 39.4 Å². The van der Waals surface area contributed by atoms with Crippen LogP contribution in [0.25, 0.3) is 10.9 Å². The average Bonchev–Trinajstić information content (AvgIpc) is 3.01. The van der Waals surface area contributed by atoms with Crippen molar-refractivity contribution in [1.29, 1.82) is 0 Å². The van der Waals surface area contributed by atoms with Crippen LogP contribution in [0.2, 0.25) is 5.15 Å². The summed E-state index contributed by atoms with van der Waals surface area (Å²) in [4.78, 5) is 30.4. The molecule has 33 heavy (non-hydrogen) atoms. The fraction of sp³-hybridized carbons (Fsp3) is 0.636. The Morgan fingerprint density at radius 3 is 2.73 bits per heavy atom. The Morgan fingerprint density at radius 2 is 2.03 bits per heavy atom. The van der Waals surface area contributed by atoms with Crippen LogP contribution in [0.5, 0.6) is 0 Å². The van der Waals surface area contributed by atoms with Gasteiger partial charge in [0.25, 0.3) is 0 Å². The Balaban J connectivity index is 1.64. The Hall–Kier alpha value is -1.91. The molecule has 0 unspecified atom stereocenters. The number of hydrogen-bond acceptors (Lipinski definition) is 8. The minimum absolute atomic E-state index is 0.0582. The highest BCUT2D eigenvalue weighted by molar-refractivity contribution is 7.99. The van der Waals surface area contributed by atoms with Crippen LogP contribution in [0.4, 0.5) is 15.0 Å². The first-order valence-electron chi connectivity index (χ1n) is 11.2. The first kappa shape index (κ1) is 22.9. The maximum Gasteiger partial charge on any atom is 0.410 e. The molecule has 1 N–H and O–H groups in total. The molecule has 2 saturated heterocycles. The van der Waals surface area contributed by atoms with E-state index in [-0.39, 0.29) is 40.6 Å². The van der Waals surface area contributed by atoms with Gasteiger partial charge in [0.15, 0.2) is 16.1 Å². The summed E-state index contributed by atoms with van der Waals surface area (Å²) in [5.74, 6) is 0.566. The van der Waals surface area contributed by atoms with E-state index in [0.29, 0.717) is 29.3 Å². The summed E-state index contributed by atoms with van der Waals surface area (Å²) in [6.07, 6.45) is 0.602. The number of hydrogen-bond donors (Lipinski definition) is 1. The van der Waals surface area contributed by atoms with Crippen LogP contribution in [0.3, 0.4) is 0 Å². The van der Waals surface area contributed by atoms with Crippen molar-refractivity contribution < 1.29 is 19.0 Å². The highest BCUT2D eigenvalue weighted by Gasteiger charge is 2.52. The second-order valence-corrected chi connectivity index (χ2v) is 11.3. The van der Waals surface area contributed by atoms with Crippen LogP contribution < -0.4 is 4.90 Å². The highest BCUT2D eigenvalue weighted by Crippen LogP contribution is 2.46. The number of aliphatic hydroxyl groups excluding tert-OH is 1. The molecule has 0 aliphatic carbocycles. The van der Waals surface area contributed by atoms with Crippen molar-refractivity contribution in [3.63, 3.8) is 0 Å². The minimum atomic E-state index is -0.995. The fourth-order valence-electron chi connectivity index (χ4n) is 5.28. The minimum Gasteiger partial charge on any atom is -0.444 e. The molecule has 178 valence electrons. The zero-order valence-electron chi connectivity index (χ0n) is 19.0. The molecule has 0 spiro atoms. The molecule has 3 aliphatic heterocycles. The number of ether oxygens (including phenoxy) is 1. The zero-order chi connectivity index (χ0) is 23.7. The lowest BCUT2D eigenvalue weighted by Gasteiger charge is -2.47. The van der Waals surface area contributed by atoms with E-state index in [1.807, 2.05) is 32.6 Å². The van der Waals surface area contributed by atoms with Crippen molar-refractivity contribution in [2.75, 3.05) is 17.2 Å². The second kappa shape index (κ2) is 8.09. The molecular formula is C22H27ClFN5O3S. The van der Waals surface area contributed by atoms with E-state index < -0.39 is 17.5 Å². The lowest BCUT2D eigenvalue weighted by molar-refractivity contribution is 0.00452. The largest absolute Gasteiger partial charge is 0.444 e. The van der Waals surface area contributed by atoms with Crippen molar-refractivity contribution in [3.8, 4) is 0 Å². The number of anilines is 1. The third-order valence-corrected chi connectivity index (χ3v) is 7.44. The summed E-state index contributed by atoms with van der Waals surface area (Å²) in [7, 11) is 0. The van der Waals surface area contributed by atoms with Crippen LogP contribution in [0.1, 0.15) is 58.8 Å². The SMILES string of the molecule is CCSc1nc2c3c(nc(Cl)c(F)c3n1)[C@H](O)C[C@@H]1[C@@H]3CC[C@H](CN21)N3C(=O)OC(C)(C)C. The molecular weight excluding hydrogens is 469 g/mol. The van der Waals surface area contributed by atoms with E-state index in [4.69, 9.17) is 21.3 Å². The number of pyridine rings is 1. The second-order valence-electron chi connectivity index (χ2n) is 9.75. The van der Waals surface area contributed by atoms with Gasteiger partial charge >= 0.3 is 6.09 Å². The molecule has 0 aromatic carbocycles. The summed E-state index contributed by atoms with van der Waals surface area (Å²) in [5.41, 5.74) is -0.239. The molecule has 1 amide bonds. The van der Waals surface area contributed by atoms with Crippen LogP contribution in [-0.2, 0) is 4.74 Å². The maximum absolute atomic E-state index is 15.1. The maximum atomic E-state index is 15.1. The van der Waals surface area contributed by atoms with Crippen LogP contribution in [0, 0.1) is 5.82 Å². The number of carbonyl (C=O) groups is 1. The third kappa shape index (κ3) is 3.80. The first-order chi connectivity index (χ1) is 15.6. The summed E-state index contributed by atoms with van der Waals surface area (Å²) < 4.78 is 20.7. The fourth-order valence-corrected chi connectivity index (χ4v) is 6.03. The molecule has 5 rings (SSSR count). The molecule has 4 atom stereocenters. The summed E-state index contributed by atoms with van der Waals surface area (Å²) in [6.45, 7) is 8.04. The smallest absolute Gasteiger partial charge is 0.410 e. The predicted molar refractivity (Wildman–Crippen MR) is 124 cm³/mol. The van der Waals surface area contributed by atoms with Gasteiger partial charge in [-0.25, -0.2) is 24.1 Å². The number of fused-ring (bicyclic) bond motifs is 5. The Bertz CT molecular complexity index is 1130. The molecule has 8 nitrogen and oxygen atoms in total. The van der Waals surface area contributed by atoms with Gasteiger partial charge in [-0.1, -0.05) is 30.3 Å². The van der Waals surface area contributed by atoms with Gasteiger partial charge in [-0.15, -0.1) is 0 Å². The van der Waals surface area contributed by atoms with Crippen molar-refractivity contribution in [1.82, 2.24) is 19.9 Å². The van der Waals surface area contributed by atoms with Gasteiger partial charge in [-0.2, -0.15) is 0 Å². The zero-order valence-corrected chi connectivity index (χ0v) is 20.6. The number of piperazine rings is 1. The van der Waals surface area contributed by atoms with Gasteiger partial charge < -0.3 is 14.7 Å². The van der Waals surface area contributed by atoms with Crippen molar-refractivity contribution >= 4 is 46.2 Å². The molecule has 0 saturated carbocycles. The van der Waals surface area contributed by atoms with Gasteiger partial charge in [-0.3, -0.25) is 4.90 Å². The summed E-state index contributed by atoms with van der Waals surface area (Å²) in [6, 6.07) is -0.438. The van der Waals surface area contributed by atoms with Gasteiger partial charge in [0.05, 0.1) is 35.3 Å². The average molecular weight is 496 g/mol. The first-order valence-corrected chi connectivity index (χ1v) is 12.6. The van der Waals surface area contributed by atoms with E-state index in [1.54, 1.807) is 0 Å². The van der Waals surface area contributed by atoms with Gasteiger partial charge in [0.2, 0.25) is 0 Å². The number of halogens is 2. The topological polar surface area (TPSA) is 91.7 Å². The molecule has 0 radical (unpaired) electrons. The highest BCUT2D eigenvalue weighted by atomic mass is 35.5. The predicted octanol–water partition coefficient (Wildman–Crippen LogP) is 4.32. The summed E-state index contributed by atoms with van der Waals surface area (Å²) >= 11 is 7.50. The number of aromatic nitrogens is 3. The molecule has 5 heterocycles. The number of aliphatic hydroxyl groups is 1. The molecule has 2 fully saturated rings. The van der Waals surface area contributed by atoms with Gasteiger partial charge in [0, 0.05) is 13.0 Å². The van der Waals surface area contributed by atoms with E-state index in [2.05, 4.69) is 14.9 Å². The molecule has 2 aromatic rings. The van der Waals surface area contributed by atoms with Crippen molar-refractivity contribution in [2.24, 2.45) is 0 Å². The normalized spacial score (nSPS) is 26.4. The van der Waals surface area contributed by atoms with Crippen LogP contribution in [0.15, 0.2) is 5.16 Å². The van der Waals surface area contributed by atoms with E-state index in [9.17, 15) is 9.90 Å². The third-order valence-electron chi connectivity index (χ3n) is 6.46. The Morgan fingerprint density at radius 1 is 1.27 bits per heavy atom. The number of carbonyl (C=O) groups excluding carboxylic acids is 1. The van der Waals surface area contributed by atoms with E-state index >= 15 is 4.39 Å². The van der Waals surface area contributed by atoms with Crippen molar-refractivity contribution in [2.45, 2.75) is 81.9 Å². The van der Waals surface area contributed by atoms with E-state index in [0.717, 1.165) is 18.6 Å². The Kier molecular flexibility index (Phi) is 5.61. The Labute approximate surface area is 200 Å². The van der Waals surface area contributed by atoms with Crippen LogP contribution >= 0.6 is 23.4 Å². The molecule has 11 heteroatoms. The monoisotopic (exact) mass is 495 g/mol.